The van der Waals surface area contributed by atoms with Crippen LogP contribution in [0.2, 0.25) is 0 Å². The second-order valence-corrected chi connectivity index (χ2v) is 5.04. The van der Waals surface area contributed by atoms with Gasteiger partial charge in [0.1, 0.15) is 12.6 Å². The number of nitrogens with zero attached hydrogens (tertiary/aromatic N) is 1. The van der Waals surface area contributed by atoms with Gasteiger partial charge in [-0.3, -0.25) is 19.3 Å². The maximum atomic E-state index is 12.0. The fraction of sp³-hybridized carbons (Fsp3) is 0.375. The highest BCUT2D eigenvalue weighted by molar-refractivity contribution is 5.84. The summed E-state index contributed by atoms with van der Waals surface area (Å²) in [5, 5.41) is 5.13. The van der Waals surface area contributed by atoms with E-state index in [9.17, 15) is 19.2 Å². The lowest BCUT2D eigenvalue weighted by atomic mass is 10.0. The highest BCUT2D eigenvalue weighted by Gasteiger charge is 2.23. The molecular weight excluding hydrogens is 298 g/mol. The average Bonchev–Trinajstić information content (AvgIpc) is 2.56. The Morgan fingerprint density at radius 3 is 2.61 bits per heavy atom. The number of amides is 2. The van der Waals surface area contributed by atoms with Gasteiger partial charge in [-0.1, -0.05) is 12.1 Å². The van der Waals surface area contributed by atoms with Crippen LogP contribution in [0.25, 0.3) is 0 Å². The second kappa shape index (κ2) is 9.47. The van der Waals surface area contributed by atoms with Gasteiger partial charge in [-0.2, -0.15) is 0 Å². The second-order valence-electron chi connectivity index (χ2n) is 5.04. The first-order chi connectivity index (χ1) is 11.1. The Hall–Kier alpha value is -2.54. The number of anilines is 1. The zero-order chi connectivity index (χ0) is 17.2. The summed E-state index contributed by atoms with van der Waals surface area (Å²) in [7, 11) is 3.26. The van der Waals surface area contributed by atoms with E-state index in [-0.39, 0.29) is 18.9 Å². The van der Waals surface area contributed by atoms with E-state index in [1.54, 1.807) is 30.1 Å². The molecule has 0 aromatic heterocycles. The molecule has 1 rings (SSSR count). The molecule has 0 bridgehead atoms. The molecule has 0 aliphatic heterocycles. The van der Waals surface area contributed by atoms with Crippen LogP contribution in [0.15, 0.2) is 18.2 Å². The summed E-state index contributed by atoms with van der Waals surface area (Å²) >= 11 is 0. The molecule has 7 nitrogen and oxygen atoms in total. The van der Waals surface area contributed by atoms with Gasteiger partial charge in [0.2, 0.25) is 12.3 Å². The predicted molar refractivity (Wildman–Crippen MR) is 86.1 cm³/mol. The van der Waals surface area contributed by atoms with Gasteiger partial charge >= 0.3 is 0 Å². The molecule has 0 saturated heterocycles. The minimum atomic E-state index is -0.506. The van der Waals surface area contributed by atoms with Gasteiger partial charge in [0.25, 0.3) is 0 Å². The first kappa shape index (κ1) is 18.5. The van der Waals surface area contributed by atoms with Crippen LogP contribution in [-0.2, 0) is 20.9 Å². The zero-order valence-electron chi connectivity index (χ0n) is 13.2. The third kappa shape index (κ3) is 5.00. The lowest BCUT2D eigenvalue weighted by molar-refractivity contribution is -0.126. The van der Waals surface area contributed by atoms with Crippen LogP contribution in [0.3, 0.4) is 0 Å². The molecule has 0 aliphatic rings. The molecule has 0 heterocycles. The predicted octanol–water partition coefficient (Wildman–Crippen LogP) is 0.593. The number of hydrogen-bond donors (Lipinski definition) is 2. The van der Waals surface area contributed by atoms with Crippen molar-refractivity contribution < 1.29 is 19.2 Å². The third-order valence-electron chi connectivity index (χ3n) is 3.60. The fourth-order valence-corrected chi connectivity index (χ4v) is 2.39. The Labute approximate surface area is 135 Å². The Morgan fingerprint density at radius 2 is 2.04 bits per heavy atom. The van der Waals surface area contributed by atoms with Crippen molar-refractivity contribution in [3.8, 4) is 0 Å². The largest absolute Gasteiger partial charge is 0.358 e. The average molecular weight is 319 g/mol. The van der Waals surface area contributed by atoms with E-state index in [4.69, 9.17) is 0 Å². The van der Waals surface area contributed by atoms with Crippen LogP contribution >= 0.6 is 0 Å². The van der Waals surface area contributed by atoms with Crippen LogP contribution in [0, 0.1) is 0 Å². The van der Waals surface area contributed by atoms with Gasteiger partial charge in [-0.25, -0.2) is 0 Å². The number of aldehydes is 2. The number of nitrogens with one attached hydrogen (secondary N) is 2. The van der Waals surface area contributed by atoms with Crippen molar-refractivity contribution in [3.05, 3.63) is 29.3 Å². The summed E-state index contributed by atoms with van der Waals surface area (Å²) < 4.78 is 0. The molecule has 2 amide bonds. The molecule has 2 N–H and O–H groups in total. The smallest absolute Gasteiger partial charge is 0.237 e. The number of carbonyl (C=O) groups excluding carboxylic acids is 4. The van der Waals surface area contributed by atoms with E-state index in [2.05, 4.69) is 10.6 Å². The van der Waals surface area contributed by atoms with Crippen LogP contribution < -0.4 is 10.6 Å². The van der Waals surface area contributed by atoms with Crippen LogP contribution in [0.4, 0.5) is 5.69 Å². The summed E-state index contributed by atoms with van der Waals surface area (Å²) in [5.74, 6) is -0.206. The van der Waals surface area contributed by atoms with E-state index in [0.29, 0.717) is 35.9 Å². The molecule has 1 unspecified atom stereocenters. The topological polar surface area (TPSA) is 95.6 Å². The van der Waals surface area contributed by atoms with Gasteiger partial charge in [0.15, 0.2) is 0 Å². The fourth-order valence-electron chi connectivity index (χ4n) is 2.39. The van der Waals surface area contributed by atoms with E-state index < -0.39 is 6.04 Å². The Morgan fingerprint density at radius 1 is 1.30 bits per heavy atom. The molecule has 1 atom stereocenters. The molecule has 1 aromatic rings. The highest BCUT2D eigenvalue weighted by Crippen LogP contribution is 2.22. The maximum absolute atomic E-state index is 12.0. The molecule has 0 saturated carbocycles. The first-order valence-corrected chi connectivity index (χ1v) is 7.21. The van der Waals surface area contributed by atoms with Crippen LogP contribution in [0.5, 0.6) is 0 Å². The van der Waals surface area contributed by atoms with Gasteiger partial charge in [0.05, 0.1) is 6.04 Å². The van der Waals surface area contributed by atoms with Gasteiger partial charge in [-0.05, 0) is 19.5 Å². The summed E-state index contributed by atoms with van der Waals surface area (Å²) in [6, 6.07) is 4.49. The molecule has 124 valence electrons. The molecular formula is C16H21N3O4. The van der Waals surface area contributed by atoms with E-state index in [1.165, 1.54) is 7.05 Å². The van der Waals surface area contributed by atoms with Crippen molar-refractivity contribution in [1.29, 1.82) is 0 Å². The monoisotopic (exact) mass is 319 g/mol. The van der Waals surface area contributed by atoms with Gasteiger partial charge in [0, 0.05) is 36.8 Å². The summed E-state index contributed by atoms with van der Waals surface area (Å²) in [4.78, 5) is 46.3. The summed E-state index contributed by atoms with van der Waals surface area (Å²) in [5.41, 5.74) is 1.58. The maximum Gasteiger partial charge on any atom is 0.237 e. The number of rotatable bonds is 10. The standard InChI is InChI=1S/C16H21N3O4/c1-17-16(23)15(7-4-8-20)19(2)9-13-12(10-21)5-3-6-14(13)18-11-22/h3,5-6,8,10-11,15H,4,7,9H2,1-2H3,(H,17,23)(H,18,22). The van der Waals surface area contributed by atoms with Crippen LogP contribution in [-0.4, -0.2) is 49.9 Å². The van der Waals surface area contributed by atoms with Crippen molar-refractivity contribution in [2.45, 2.75) is 25.4 Å². The van der Waals surface area contributed by atoms with Gasteiger partial charge < -0.3 is 15.4 Å². The molecule has 0 radical (unpaired) electrons. The number of hydrogen-bond acceptors (Lipinski definition) is 5. The van der Waals surface area contributed by atoms with E-state index >= 15 is 0 Å². The minimum Gasteiger partial charge on any atom is -0.358 e. The van der Waals surface area contributed by atoms with Crippen LogP contribution in [0.1, 0.15) is 28.8 Å². The summed E-state index contributed by atoms with van der Waals surface area (Å²) in [6.45, 7) is 0.280. The minimum absolute atomic E-state index is 0.206. The normalized spacial score (nSPS) is 11.6. The quantitative estimate of drug-likeness (QED) is 0.616. The van der Waals surface area contributed by atoms with E-state index in [0.717, 1.165) is 6.29 Å². The lowest BCUT2D eigenvalue weighted by Gasteiger charge is -2.27. The van der Waals surface area contributed by atoms with E-state index in [1.807, 2.05) is 0 Å². The first-order valence-electron chi connectivity index (χ1n) is 7.21. The molecule has 23 heavy (non-hydrogen) atoms. The molecule has 0 aliphatic carbocycles. The Kier molecular flexibility index (Phi) is 7.62. The van der Waals surface area contributed by atoms with Crippen molar-refractivity contribution in [2.24, 2.45) is 0 Å². The van der Waals surface area contributed by atoms with Crippen molar-refractivity contribution >= 4 is 30.6 Å². The SMILES string of the molecule is CNC(=O)C(CCC=O)N(C)Cc1c(C=O)cccc1NC=O. The Bertz CT molecular complexity index is 574. The van der Waals surface area contributed by atoms with Crippen molar-refractivity contribution in [1.82, 2.24) is 10.2 Å². The number of benzene rings is 1. The van der Waals surface area contributed by atoms with Crippen molar-refractivity contribution in [3.63, 3.8) is 0 Å². The number of likely N-dealkylation sites (N-methyl/N-ethyl adjacent to an activating group) is 2. The molecule has 7 heteroatoms. The highest BCUT2D eigenvalue weighted by atomic mass is 16.2. The zero-order valence-corrected chi connectivity index (χ0v) is 13.2. The number of carbonyl (C=O) groups is 4. The molecule has 0 spiro atoms. The third-order valence-corrected chi connectivity index (χ3v) is 3.60. The van der Waals surface area contributed by atoms with Gasteiger partial charge in [-0.15, -0.1) is 0 Å². The molecule has 1 aromatic carbocycles. The summed E-state index contributed by atoms with van der Waals surface area (Å²) in [6.07, 6.45) is 2.65. The lowest BCUT2D eigenvalue weighted by Crippen LogP contribution is -2.43. The van der Waals surface area contributed by atoms with Crippen molar-refractivity contribution in [2.75, 3.05) is 19.4 Å². The molecule has 0 fully saturated rings. The Balaban J connectivity index is 3.07.